The van der Waals surface area contributed by atoms with Crippen LogP contribution in [0, 0.1) is 11.6 Å². The molecule has 4 nitrogen and oxygen atoms in total. The van der Waals surface area contributed by atoms with Crippen molar-refractivity contribution in [2.75, 3.05) is 13.2 Å². The van der Waals surface area contributed by atoms with E-state index in [4.69, 9.17) is 9.47 Å². The first-order chi connectivity index (χ1) is 23.2. The van der Waals surface area contributed by atoms with E-state index in [9.17, 15) is 9.59 Å². The van der Waals surface area contributed by atoms with Crippen LogP contribution in [-0.4, -0.2) is 25.2 Å². The number of rotatable bonds is 7. The maximum absolute atomic E-state index is 15.0. The summed E-state index contributed by atoms with van der Waals surface area (Å²) in [6.45, 7) is 16.9. The minimum atomic E-state index is -1.06. The van der Waals surface area contributed by atoms with Gasteiger partial charge in [-0.1, -0.05) is 101 Å². The highest BCUT2D eigenvalue weighted by atomic mass is 19.1. The normalized spacial score (nSPS) is 13.4. The Hall–Kier alpha value is -5.36. The molecule has 246 valence electrons. The number of fused-ring (bicyclic) bond motifs is 3. The first kappa shape index (κ1) is 32.2. The molecule has 0 aromatic heterocycles. The molecule has 0 amide bonds. The van der Waals surface area contributed by atoms with Gasteiger partial charge in [-0.25, -0.2) is 18.4 Å². The Kier molecular flexibility index (Phi) is 7.47. The van der Waals surface area contributed by atoms with Crippen molar-refractivity contribution in [2.24, 2.45) is 0 Å². The van der Waals surface area contributed by atoms with E-state index in [2.05, 4.69) is 58.2 Å². The Morgan fingerprint density at radius 3 is 1.76 bits per heavy atom. The van der Waals surface area contributed by atoms with Crippen LogP contribution in [0.4, 0.5) is 8.78 Å². The van der Waals surface area contributed by atoms with Crippen LogP contribution in [0.5, 0.6) is 0 Å². The van der Waals surface area contributed by atoms with Crippen LogP contribution in [0.3, 0.4) is 0 Å². The minimum absolute atomic E-state index is 0.101. The van der Waals surface area contributed by atoms with Gasteiger partial charge in [0.25, 0.3) is 0 Å². The molecule has 0 aliphatic heterocycles. The average molecular weight is 655 g/mol. The molecular formula is C43H36F2O4. The molecule has 6 aromatic carbocycles. The van der Waals surface area contributed by atoms with E-state index in [0.717, 1.165) is 61.2 Å². The first-order valence-corrected chi connectivity index (χ1v) is 16.2. The summed E-state index contributed by atoms with van der Waals surface area (Å²) in [4.78, 5) is 25.8. The lowest BCUT2D eigenvalue weighted by atomic mass is 9.76. The number of ether oxygens (including phenoxy) is 2. The molecule has 0 heterocycles. The van der Waals surface area contributed by atoms with Crippen molar-refractivity contribution in [3.63, 3.8) is 0 Å². The van der Waals surface area contributed by atoms with Crippen LogP contribution >= 0.6 is 0 Å². The number of hydrogen-bond donors (Lipinski definition) is 0. The van der Waals surface area contributed by atoms with Gasteiger partial charge in [0.05, 0.1) is 5.41 Å². The second-order valence-corrected chi connectivity index (χ2v) is 14.3. The Morgan fingerprint density at radius 2 is 1.16 bits per heavy atom. The van der Waals surface area contributed by atoms with E-state index < -0.39 is 29.0 Å². The van der Waals surface area contributed by atoms with Crippen molar-refractivity contribution in [3.05, 3.63) is 131 Å². The third kappa shape index (κ3) is 5.09. The van der Waals surface area contributed by atoms with Gasteiger partial charge >= 0.3 is 11.9 Å². The van der Waals surface area contributed by atoms with Crippen molar-refractivity contribution >= 4 is 44.3 Å². The molecule has 49 heavy (non-hydrogen) atoms. The molecule has 0 fully saturated rings. The highest BCUT2D eigenvalue weighted by molar-refractivity contribution is 6.25. The summed E-state index contributed by atoms with van der Waals surface area (Å²) in [5, 5.41) is 3.77. The van der Waals surface area contributed by atoms with Gasteiger partial charge in [0.15, 0.2) is 0 Å². The zero-order valence-electron chi connectivity index (χ0n) is 28.2. The molecule has 0 bridgehead atoms. The molecule has 6 heteroatoms. The van der Waals surface area contributed by atoms with E-state index in [1.54, 1.807) is 26.0 Å². The van der Waals surface area contributed by atoms with E-state index in [0.29, 0.717) is 16.2 Å². The Balaban J connectivity index is 1.48. The fourth-order valence-electron chi connectivity index (χ4n) is 7.17. The standard InChI is InChI=1S/C43H36F2O4/c1-23(2)40(46)48-21-43(22-49-41(47)24(3)4)34-18-26(10-13-29(34)30-15-11-27(19-35(30)43)42(5,6)7)28-12-8-25-9-14-32-36(44)20-37(45)33-17-16-31(28)38(25)39(32)33/h8-20H,1,3,21-22H2,2,4-7H3. The molecular weight excluding hydrogens is 618 g/mol. The molecule has 0 saturated carbocycles. The molecule has 0 saturated heterocycles. The van der Waals surface area contributed by atoms with Gasteiger partial charge in [0.1, 0.15) is 24.8 Å². The summed E-state index contributed by atoms with van der Waals surface area (Å²) < 4.78 is 41.9. The quantitative estimate of drug-likeness (QED) is 0.0977. The number of carbonyl (C=O) groups excluding carboxylic acids is 2. The van der Waals surface area contributed by atoms with Gasteiger partial charge in [-0.2, -0.15) is 0 Å². The van der Waals surface area contributed by atoms with Gasteiger partial charge in [0.2, 0.25) is 0 Å². The second-order valence-electron chi connectivity index (χ2n) is 14.3. The Labute approximate surface area is 284 Å². The zero-order valence-corrected chi connectivity index (χ0v) is 28.2. The fourth-order valence-corrected chi connectivity index (χ4v) is 7.17. The number of benzene rings is 6. The van der Waals surface area contributed by atoms with Crippen molar-refractivity contribution in [2.45, 2.75) is 45.4 Å². The summed E-state index contributed by atoms with van der Waals surface area (Å²) >= 11 is 0. The van der Waals surface area contributed by atoms with Gasteiger partial charge in [0, 0.05) is 33.4 Å². The first-order valence-electron chi connectivity index (χ1n) is 16.2. The lowest BCUT2D eigenvalue weighted by Gasteiger charge is -2.32. The summed E-state index contributed by atoms with van der Waals surface area (Å²) in [5.41, 5.74) is 5.65. The van der Waals surface area contributed by atoms with Crippen molar-refractivity contribution in [1.29, 1.82) is 0 Å². The molecule has 7 rings (SSSR count). The van der Waals surface area contributed by atoms with E-state index in [-0.39, 0.29) is 29.8 Å². The van der Waals surface area contributed by atoms with Crippen LogP contribution in [0.2, 0.25) is 0 Å². The minimum Gasteiger partial charge on any atom is -0.461 e. The Bertz CT molecular complexity index is 2340. The van der Waals surface area contributed by atoms with Crippen LogP contribution in [0.1, 0.15) is 51.3 Å². The zero-order chi connectivity index (χ0) is 35.0. The fraction of sp³-hybridized carbons (Fsp3) is 0.209. The average Bonchev–Trinajstić information content (AvgIpc) is 3.33. The van der Waals surface area contributed by atoms with Gasteiger partial charge in [-0.15, -0.1) is 0 Å². The molecule has 0 N–H and O–H groups in total. The SMILES string of the molecule is C=C(C)C(=O)OCC1(COC(=O)C(=C)C)c2cc(-c3ccc4ccc5c(F)cc(F)c6ccc3c4c56)ccc2-c2ccc(C(C)(C)C)cc21. The van der Waals surface area contributed by atoms with Crippen molar-refractivity contribution < 1.29 is 27.8 Å². The van der Waals surface area contributed by atoms with E-state index in [1.165, 1.54) is 0 Å². The summed E-state index contributed by atoms with van der Waals surface area (Å²) in [7, 11) is 0. The highest BCUT2D eigenvalue weighted by Crippen LogP contribution is 2.52. The molecule has 0 unspecified atom stereocenters. The summed E-state index contributed by atoms with van der Waals surface area (Å²) in [6, 6.07) is 24.5. The molecule has 1 aliphatic rings. The van der Waals surface area contributed by atoms with E-state index >= 15 is 8.78 Å². The number of halogens is 2. The topological polar surface area (TPSA) is 52.6 Å². The lowest BCUT2D eigenvalue weighted by molar-refractivity contribution is -0.144. The molecule has 0 atom stereocenters. The Morgan fingerprint density at radius 1 is 0.653 bits per heavy atom. The number of hydrogen-bond acceptors (Lipinski definition) is 4. The maximum Gasteiger partial charge on any atom is 0.333 e. The summed E-state index contributed by atoms with van der Waals surface area (Å²) in [6.07, 6.45) is 0. The van der Waals surface area contributed by atoms with Crippen LogP contribution in [0.25, 0.3) is 54.6 Å². The predicted octanol–water partition coefficient (Wildman–Crippen LogP) is 10.3. The third-order valence-electron chi connectivity index (χ3n) is 9.81. The lowest BCUT2D eigenvalue weighted by Crippen LogP contribution is -2.38. The molecule has 0 radical (unpaired) electrons. The monoisotopic (exact) mass is 654 g/mol. The van der Waals surface area contributed by atoms with E-state index in [1.807, 2.05) is 36.4 Å². The van der Waals surface area contributed by atoms with Crippen LogP contribution in [-0.2, 0) is 29.9 Å². The maximum atomic E-state index is 15.0. The van der Waals surface area contributed by atoms with Gasteiger partial charge < -0.3 is 9.47 Å². The van der Waals surface area contributed by atoms with Crippen molar-refractivity contribution in [1.82, 2.24) is 0 Å². The largest absolute Gasteiger partial charge is 0.461 e. The van der Waals surface area contributed by atoms with Gasteiger partial charge in [-0.05, 0) is 80.4 Å². The smallest absolute Gasteiger partial charge is 0.333 e. The summed E-state index contributed by atoms with van der Waals surface area (Å²) in [5.74, 6) is -2.30. The molecule has 1 aliphatic carbocycles. The second kappa shape index (κ2) is 11.4. The third-order valence-corrected chi connectivity index (χ3v) is 9.81. The molecule has 0 spiro atoms. The number of carbonyl (C=O) groups is 2. The highest BCUT2D eigenvalue weighted by Gasteiger charge is 2.46. The van der Waals surface area contributed by atoms with Crippen molar-refractivity contribution in [3.8, 4) is 22.3 Å². The molecule has 6 aromatic rings. The number of esters is 2. The predicted molar refractivity (Wildman–Crippen MR) is 192 cm³/mol. The van der Waals surface area contributed by atoms with Crippen LogP contribution < -0.4 is 0 Å². The van der Waals surface area contributed by atoms with Gasteiger partial charge in [-0.3, -0.25) is 0 Å². The van der Waals surface area contributed by atoms with Crippen LogP contribution in [0.15, 0.2) is 103 Å².